The minimum absolute atomic E-state index is 0.600. The fraction of sp³-hybridized carbons (Fsp3) is 0.0795. The lowest BCUT2D eigenvalue weighted by atomic mass is 10.1. The minimum Gasteiger partial charge on any atom is -0.616 e. The molecule has 0 saturated carbocycles. The first-order chi connectivity index (χ1) is 53.3. The van der Waals surface area contributed by atoms with Crippen molar-refractivity contribution < 1.29 is 37.9 Å². The third-order valence-corrected chi connectivity index (χ3v) is 21.1. The second-order valence-electron chi connectivity index (χ2n) is 25.1. The molecule has 0 N–H and O–H groups in total. The molecule has 5 heterocycles. The molecule has 0 bridgehead atoms. The van der Waals surface area contributed by atoms with Gasteiger partial charge in [-0.25, -0.2) is 24.9 Å². The second kappa shape index (κ2) is 40.0. The van der Waals surface area contributed by atoms with E-state index in [-0.39, 0.29) is 0 Å². The maximum absolute atomic E-state index is 6.01. The highest BCUT2D eigenvalue weighted by Crippen LogP contribution is 2.32. The van der Waals surface area contributed by atoms with E-state index in [1.807, 2.05) is 296 Å². The summed E-state index contributed by atoms with van der Waals surface area (Å²) in [5.74, 6) is 8.15. The van der Waals surface area contributed by atoms with Gasteiger partial charge < -0.3 is 37.9 Å². The van der Waals surface area contributed by atoms with Gasteiger partial charge in [0.15, 0.2) is 0 Å². The van der Waals surface area contributed by atoms with Crippen molar-refractivity contribution in [2.24, 2.45) is 0 Å². The van der Waals surface area contributed by atoms with Crippen molar-refractivity contribution in [1.29, 1.82) is 0 Å². The topological polar surface area (TPSA) is 157 Å². The number of aromatic nitrogens is 5. The molecule has 109 heavy (non-hydrogen) atoms. The molecule has 21 heteroatoms. The first-order valence-corrected chi connectivity index (χ1v) is 41.0. The van der Waals surface area contributed by atoms with Gasteiger partial charge in [0.25, 0.3) is 0 Å². The SMILES string of the molecule is Cc1ccc([O][Al][O]c2cccc3ccc(C)nc23)cc1.Cc1ccc2cccc([O][Al][O]c3ccccc3)c2n1.Cc1ccc2cccc([O][Al][O]c3ccccc3-c3ccccc3)c2n1.Cc1ccc2cccc([O][Al][O]c3ccccc3[SiH3])c2n1.Cc1cccc([O][Al][O]c2cccc3ccc(C)nc23)c1. The van der Waals surface area contributed by atoms with Crippen LogP contribution in [0.4, 0.5) is 0 Å². The lowest BCUT2D eigenvalue weighted by Crippen LogP contribution is -2.16. The average molecular weight is 1530 g/mol. The lowest BCUT2D eigenvalue weighted by molar-refractivity contribution is 0.460. The molecule has 0 aliphatic carbocycles. The second-order valence-corrected chi connectivity index (χ2v) is 29.5. The van der Waals surface area contributed by atoms with Crippen molar-refractivity contribution >= 4 is 149 Å². The number of benzene rings is 11. The van der Waals surface area contributed by atoms with E-state index >= 15 is 0 Å². The number of rotatable bonds is 21. The Kier molecular flexibility index (Phi) is 28.6. The van der Waals surface area contributed by atoms with E-state index in [1.54, 1.807) is 0 Å². The van der Waals surface area contributed by atoms with Gasteiger partial charge in [-0.1, -0.05) is 206 Å². The Hall–Kier alpha value is -10.7. The van der Waals surface area contributed by atoms with Crippen LogP contribution in [0.15, 0.2) is 309 Å². The summed E-state index contributed by atoms with van der Waals surface area (Å²) in [6, 6.07) is 102. The van der Waals surface area contributed by atoms with E-state index in [0.29, 0.717) is 0 Å². The third kappa shape index (κ3) is 23.0. The van der Waals surface area contributed by atoms with Gasteiger partial charge >= 0.3 is 79.4 Å². The monoisotopic (exact) mass is 1520 g/mol. The summed E-state index contributed by atoms with van der Waals surface area (Å²) < 4.78 is 58.0. The van der Waals surface area contributed by atoms with Gasteiger partial charge in [-0.2, -0.15) is 0 Å². The number of pyridine rings is 5. The number of hydrogen-bond acceptors (Lipinski definition) is 15. The smallest absolute Gasteiger partial charge is 0.616 e. The molecule has 16 aromatic rings. The lowest BCUT2D eigenvalue weighted by Gasteiger charge is -2.13. The molecule has 0 aliphatic rings. The van der Waals surface area contributed by atoms with Crippen LogP contribution in [0.25, 0.3) is 65.6 Å². The van der Waals surface area contributed by atoms with Crippen molar-refractivity contribution in [2.45, 2.75) is 48.5 Å². The Morgan fingerprint density at radius 2 is 0.514 bits per heavy atom. The summed E-state index contributed by atoms with van der Waals surface area (Å²) in [7, 11) is 0.968. The summed E-state index contributed by atoms with van der Waals surface area (Å²) in [6.07, 6.45) is 0. The van der Waals surface area contributed by atoms with Crippen molar-refractivity contribution in [3.05, 3.63) is 349 Å². The van der Waals surface area contributed by atoms with Crippen LogP contribution in [-0.4, -0.2) is 115 Å². The van der Waals surface area contributed by atoms with E-state index in [2.05, 4.69) is 86.4 Å². The number of hydrogen-bond donors (Lipinski definition) is 0. The van der Waals surface area contributed by atoms with Gasteiger partial charge in [-0.15, -0.1) is 0 Å². The zero-order valence-electron chi connectivity index (χ0n) is 61.7. The number of nitrogens with zero attached hydrogens (tertiary/aromatic N) is 5. The van der Waals surface area contributed by atoms with E-state index in [4.69, 9.17) is 37.9 Å². The van der Waals surface area contributed by atoms with Crippen LogP contribution in [0.1, 0.15) is 39.6 Å². The highest BCUT2D eigenvalue weighted by atomic mass is 28.1. The quantitative estimate of drug-likeness (QED) is 0.0626. The standard InChI is InChI=1S/C12H10O.5C10H9NO.2C7H8O.C6H8OSi.C6H6O.5Al/c13-12-9-5-4-8-11(12)10-6-2-1-3-7-10;5*1-7-5-6-8-3-2-4-9(12)10(8)11-7;1-6-2-4-7(8)5-3-6;1-6-3-2-4-7(8)5-6;7-5-3-1-2-4-6(5)8;7-6-4-2-1-3-5-6;;;;;/h1-9,13H;5*2-6,12H,1H3;2*2-5,8H,1H3;1-4,7H,8H3;1-5,7H;;;;;/q;;;;;;;;;;5*+2/p-10. The number of aryl methyl sites for hydroxylation is 7. The molecule has 0 amide bonds. The van der Waals surface area contributed by atoms with Gasteiger partial charge in [-0.05, 0) is 174 Å². The van der Waals surface area contributed by atoms with Crippen LogP contribution < -0.4 is 43.1 Å². The third-order valence-electron chi connectivity index (χ3n) is 16.7. The van der Waals surface area contributed by atoms with Crippen LogP contribution in [0, 0.1) is 48.5 Å². The molecule has 5 aromatic heterocycles. The van der Waals surface area contributed by atoms with E-state index < -0.39 is 79.4 Å². The maximum Gasteiger partial charge on any atom is 0.881 e. The van der Waals surface area contributed by atoms with Crippen molar-refractivity contribution in [2.75, 3.05) is 0 Å². The van der Waals surface area contributed by atoms with Crippen molar-refractivity contribution in [3.8, 4) is 68.6 Å². The molecule has 0 aliphatic heterocycles. The molecule has 0 atom stereocenters. The molecule has 0 fully saturated rings. The fourth-order valence-corrected chi connectivity index (χ4v) is 15.0. The van der Waals surface area contributed by atoms with Gasteiger partial charge in [0, 0.05) is 71.2 Å². The molecular weight excluding hydrogens is 1450 g/mol. The number of fused-ring (bicyclic) bond motifs is 5. The molecule has 16 rings (SSSR count). The first-order valence-electron chi connectivity index (χ1n) is 35.3. The zero-order valence-corrected chi connectivity index (χ0v) is 69.4. The van der Waals surface area contributed by atoms with Crippen LogP contribution in [-0.2, 0) is 0 Å². The van der Waals surface area contributed by atoms with E-state index in [9.17, 15) is 0 Å². The number of para-hydroxylation sites is 8. The Bertz CT molecular complexity index is 5670. The highest BCUT2D eigenvalue weighted by Gasteiger charge is 2.17. The summed E-state index contributed by atoms with van der Waals surface area (Å²) in [5.41, 5.74) is 13.9. The molecule has 15 nitrogen and oxygen atoms in total. The first kappa shape index (κ1) is 77.9. The Morgan fingerprint density at radius 1 is 0.220 bits per heavy atom. The Labute approximate surface area is 672 Å². The summed E-state index contributed by atoms with van der Waals surface area (Å²) in [4.78, 5) is 22.8. The van der Waals surface area contributed by atoms with Gasteiger partial charge in [0.05, 0.1) is 28.7 Å². The highest BCUT2D eigenvalue weighted by molar-refractivity contribution is 6.35. The predicted molar refractivity (Wildman–Crippen MR) is 444 cm³/mol. The Morgan fingerprint density at radius 3 is 0.908 bits per heavy atom. The van der Waals surface area contributed by atoms with Crippen LogP contribution in [0.3, 0.4) is 0 Å². The molecule has 11 aromatic carbocycles. The van der Waals surface area contributed by atoms with Crippen LogP contribution >= 0.6 is 0 Å². The van der Waals surface area contributed by atoms with Crippen LogP contribution in [0.5, 0.6) is 57.5 Å². The predicted octanol–water partition coefficient (Wildman–Crippen LogP) is 18.0. The molecule has 0 unspecified atom stereocenters. The summed E-state index contributed by atoms with van der Waals surface area (Å²) >= 11 is -3.15. The van der Waals surface area contributed by atoms with Crippen molar-refractivity contribution in [3.63, 3.8) is 0 Å². The van der Waals surface area contributed by atoms with Gasteiger partial charge in [-0.3, -0.25) is 0 Å². The zero-order chi connectivity index (χ0) is 75.5. The summed E-state index contributed by atoms with van der Waals surface area (Å²) in [6.45, 7) is 14.0. The van der Waals surface area contributed by atoms with Crippen LogP contribution in [0.2, 0.25) is 0 Å². The fourth-order valence-electron chi connectivity index (χ4n) is 11.1. The van der Waals surface area contributed by atoms with Gasteiger partial charge in [0.2, 0.25) is 0 Å². The summed E-state index contributed by atoms with van der Waals surface area (Å²) in [5, 5.41) is 6.63. The minimum atomic E-state index is -0.702. The molecule has 5 radical (unpaired) electrons. The molecule has 531 valence electrons. The molecule has 0 spiro atoms. The molecule has 0 saturated heterocycles. The maximum atomic E-state index is 6.01. The van der Waals surface area contributed by atoms with Crippen molar-refractivity contribution in [1.82, 2.24) is 24.9 Å². The average Bonchev–Trinajstić information content (AvgIpc) is 0.845. The van der Waals surface area contributed by atoms with Gasteiger partial charge in [0.1, 0.15) is 56.3 Å². The Balaban J connectivity index is 0.000000127. The molecular formula is C88H75Al5N5O10Si. The normalized spacial score (nSPS) is 10.4. The van der Waals surface area contributed by atoms with E-state index in [1.165, 1.54) is 16.3 Å². The largest absolute Gasteiger partial charge is 0.881 e. The van der Waals surface area contributed by atoms with E-state index in [0.717, 1.165) is 162 Å².